The van der Waals surface area contributed by atoms with E-state index in [9.17, 15) is 9.59 Å². The molecule has 0 aromatic carbocycles. The molecule has 1 amide bonds. The smallest absolute Gasteiger partial charge is 0.354 e. The Kier molecular flexibility index (Phi) is 3.96. The molecule has 2 rings (SSSR count). The van der Waals surface area contributed by atoms with Crippen LogP contribution in [0.15, 0.2) is 23.8 Å². The summed E-state index contributed by atoms with van der Waals surface area (Å²) in [6.07, 6.45) is 1.90. The molecule has 1 unspecified atom stereocenters. The average Bonchev–Trinajstić information content (AvgIpc) is 2.97. The summed E-state index contributed by atoms with van der Waals surface area (Å²) in [4.78, 5) is 30.1. The van der Waals surface area contributed by atoms with Gasteiger partial charge in [0, 0.05) is 17.3 Å². The first-order valence-electron chi connectivity index (χ1n) is 5.68. The quantitative estimate of drug-likeness (QED) is 0.773. The second-order valence-corrected chi connectivity index (χ2v) is 5.12. The number of carbonyl (C=O) groups excluding carboxylic acids is 1. The van der Waals surface area contributed by atoms with E-state index in [2.05, 4.69) is 15.3 Å². The Balaban J connectivity index is 2.00. The van der Waals surface area contributed by atoms with Gasteiger partial charge in [0.2, 0.25) is 0 Å². The molecule has 19 heavy (non-hydrogen) atoms. The number of nitrogens with zero attached hydrogens (tertiary/aromatic N) is 1. The Morgan fingerprint density at radius 3 is 3.00 bits per heavy atom. The first-order chi connectivity index (χ1) is 9.08. The summed E-state index contributed by atoms with van der Waals surface area (Å²) < 4.78 is 0. The minimum Gasteiger partial charge on any atom is -0.477 e. The standard InChI is InChI=1S/C12H13N3O3S/c1-7(5-8-3-2-4-19-8)15-11(16)9-10(12(17)18)14-6-13-9/h2-4,6-7H,5H2,1H3,(H,13,14)(H,15,16)(H,17,18). The molecule has 6 nitrogen and oxygen atoms in total. The Morgan fingerprint density at radius 1 is 1.58 bits per heavy atom. The fourth-order valence-electron chi connectivity index (χ4n) is 1.70. The van der Waals surface area contributed by atoms with E-state index in [1.807, 2.05) is 24.4 Å². The van der Waals surface area contributed by atoms with Crippen LogP contribution in [0.4, 0.5) is 0 Å². The van der Waals surface area contributed by atoms with Crippen LogP contribution >= 0.6 is 11.3 Å². The summed E-state index contributed by atoms with van der Waals surface area (Å²) >= 11 is 1.62. The zero-order valence-corrected chi connectivity index (χ0v) is 11.0. The minimum atomic E-state index is -1.20. The molecule has 0 saturated carbocycles. The Labute approximate surface area is 113 Å². The molecule has 0 saturated heterocycles. The van der Waals surface area contributed by atoms with Gasteiger partial charge in [-0.25, -0.2) is 9.78 Å². The molecule has 0 aliphatic rings. The fourth-order valence-corrected chi connectivity index (χ4v) is 2.54. The van der Waals surface area contributed by atoms with Crippen molar-refractivity contribution in [3.8, 4) is 0 Å². The maximum absolute atomic E-state index is 11.9. The number of amides is 1. The van der Waals surface area contributed by atoms with Crippen LogP contribution in [-0.4, -0.2) is 33.0 Å². The molecule has 0 fully saturated rings. The van der Waals surface area contributed by atoms with Crippen molar-refractivity contribution in [3.05, 3.63) is 40.1 Å². The van der Waals surface area contributed by atoms with Gasteiger partial charge in [0.05, 0.1) is 6.33 Å². The van der Waals surface area contributed by atoms with Crippen molar-refractivity contribution in [1.29, 1.82) is 0 Å². The van der Waals surface area contributed by atoms with Crippen molar-refractivity contribution in [2.24, 2.45) is 0 Å². The van der Waals surface area contributed by atoms with Crippen molar-refractivity contribution < 1.29 is 14.7 Å². The molecule has 0 bridgehead atoms. The number of rotatable bonds is 5. The number of imidazole rings is 1. The van der Waals surface area contributed by atoms with E-state index in [0.29, 0.717) is 6.42 Å². The molecule has 0 radical (unpaired) electrons. The summed E-state index contributed by atoms with van der Waals surface area (Å²) in [5, 5.41) is 13.6. The lowest BCUT2D eigenvalue weighted by Gasteiger charge is -2.12. The molecular weight excluding hydrogens is 266 g/mol. The van der Waals surface area contributed by atoms with Crippen LogP contribution < -0.4 is 5.32 Å². The van der Waals surface area contributed by atoms with Crippen LogP contribution in [-0.2, 0) is 6.42 Å². The second kappa shape index (κ2) is 5.66. The lowest BCUT2D eigenvalue weighted by atomic mass is 10.2. The number of aromatic carboxylic acids is 1. The first-order valence-corrected chi connectivity index (χ1v) is 6.55. The number of hydrogen-bond acceptors (Lipinski definition) is 4. The van der Waals surface area contributed by atoms with E-state index < -0.39 is 11.9 Å². The average molecular weight is 279 g/mol. The molecule has 2 aromatic rings. The number of aromatic nitrogens is 2. The molecule has 0 aliphatic heterocycles. The van der Waals surface area contributed by atoms with Crippen molar-refractivity contribution >= 4 is 23.2 Å². The number of nitrogens with one attached hydrogen (secondary N) is 2. The summed E-state index contributed by atoms with van der Waals surface area (Å²) in [5.41, 5.74) is -0.286. The number of carboxylic acid groups (broad SMARTS) is 1. The Morgan fingerprint density at radius 2 is 2.37 bits per heavy atom. The van der Waals surface area contributed by atoms with E-state index in [-0.39, 0.29) is 17.4 Å². The van der Waals surface area contributed by atoms with E-state index in [0.717, 1.165) is 4.88 Å². The highest BCUT2D eigenvalue weighted by Gasteiger charge is 2.20. The predicted octanol–water partition coefficient (Wildman–Crippen LogP) is 1.53. The molecule has 2 aromatic heterocycles. The van der Waals surface area contributed by atoms with Crippen LogP contribution in [0, 0.1) is 0 Å². The largest absolute Gasteiger partial charge is 0.477 e. The van der Waals surface area contributed by atoms with Gasteiger partial charge < -0.3 is 15.4 Å². The molecule has 0 spiro atoms. The number of carbonyl (C=O) groups is 2. The van der Waals surface area contributed by atoms with Gasteiger partial charge in [-0.05, 0) is 18.4 Å². The zero-order valence-electron chi connectivity index (χ0n) is 10.2. The van der Waals surface area contributed by atoms with Crippen LogP contribution in [0.2, 0.25) is 0 Å². The van der Waals surface area contributed by atoms with Crippen LogP contribution in [0.3, 0.4) is 0 Å². The highest BCUT2D eigenvalue weighted by molar-refractivity contribution is 7.09. The molecular formula is C12H13N3O3S. The van der Waals surface area contributed by atoms with Crippen molar-refractivity contribution in [3.63, 3.8) is 0 Å². The maximum atomic E-state index is 11.9. The third-order valence-electron chi connectivity index (χ3n) is 2.53. The second-order valence-electron chi connectivity index (χ2n) is 4.09. The fraction of sp³-hybridized carbons (Fsp3) is 0.250. The van der Waals surface area contributed by atoms with Crippen molar-refractivity contribution in [1.82, 2.24) is 15.3 Å². The minimum absolute atomic E-state index is 0.0921. The van der Waals surface area contributed by atoms with Gasteiger partial charge in [-0.2, -0.15) is 0 Å². The van der Waals surface area contributed by atoms with Crippen LogP contribution in [0.25, 0.3) is 0 Å². The van der Waals surface area contributed by atoms with Gasteiger partial charge in [0.1, 0.15) is 0 Å². The highest BCUT2D eigenvalue weighted by atomic mass is 32.1. The summed E-state index contributed by atoms with van der Waals surface area (Å²) in [5.74, 6) is -1.68. The van der Waals surface area contributed by atoms with Gasteiger partial charge in [-0.15, -0.1) is 11.3 Å². The monoisotopic (exact) mass is 279 g/mol. The third kappa shape index (κ3) is 3.19. The third-order valence-corrected chi connectivity index (χ3v) is 3.43. The predicted molar refractivity (Wildman–Crippen MR) is 70.5 cm³/mol. The van der Waals surface area contributed by atoms with Gasteiger partial charge in [0.25, 0.3) is 5.91 Å². The van der Waals surface area contributed by atoms with Crippen LogP contribution in [0.5, 0.6) is 0 Å². The highest BCUT2D eigenvalue weighted by Crippen LogP contribution is 2.11. The number of H-pyrrole nitrogens is 1. The van der Waals surface area contributed by atoms with Crippen molar-refractivity contribution in [2.45, 2.75) is 19.4 Å². The topological polar surface area (TPSA) is 95.1 Å². The normalized spacial score (nSPS) is 12.1. The van der Waals surface area contributed by atoms with Gasteiger partial charge in [0.15, 0.2) is 11.4 Å². The van der Waals surface area contributed by atoms with Crippen molar-refractivity contribution in [2.75, 3.05) is 0 Å². The van der Waals surface area contributed by atoms with Gasteiger partial charge in [-0.3, -0.25) is 4.79 Å². The lowest BCUT2D eigenvalue weighted by molar-refractivity contribution is 0.0684. The van der Waals surface area contributed by atoms with E-state index in [4.69, 9.17) is 5.11 Å². The Hall–Kier alpha value is -2.15. The summed E-state index contributed by atoms with van der Waals surface area (Å²) in [6.45, 7) is 1.87. The lowest BCUT2D eigenvalue weighted by Crippen LogP contribution is -2.35. The number of carboxylic acids is 1. The Bertz CT molecular complexity index is 577. The van der Waals surface area contributed by atoms with E-state index >= 15 is 0 Å². The summed E-state index contributed by atoms with van der Waals surface area (Å²) in [7, 11) is 0. The zero-order chi connectivity index (χ0) is 13.8. The molecule has 1 atom stereocenters. The number of aromatic amines is 1. The van der Waals surface area contributed by atoms with E-state index in [1.54, 1.807) is 11.3 Å². The number of thiophene rings is 1. The molecule has 2 heterocycles. The molecule has 0 aliphatic carbocycles. The maximum Gasteiger partial charge on any atom is 0.354 e. The van der Waals surface area contributed by atoms with E-state index in [1.165, 1.54) is 6.33 Å². The summed E-state index contributed by atoms with van der Waals surface area (Å²) in [6, 6.07) is 3.85. The van der Waals surface area contributed by atoms with Crippen LogP contribution in [0.1, 0.15) is 32.8 Å². The molecule has 100 valence electrons. The molecule has 7 heteroatoms. The number of hydrogen-bond donors (Lipinski definition) is 3. The molecule has 3 N–H and O–H groups in total. The SMILES string of the molecule is CC(Cc1cccs1)NC(=O)c1nc[nH]c1C(=O)O. The van der Waals surface area contributed by atoms with Gasteiger partial charge in [-0.1, -0.05) is 6.07 Å². The first kappa shape index (κ1) is 13.3. The van der Waals surface area contributed by atoms with Gasteiger partial charge >= 0.3 is 5.97 Å².